The number of imidazole rings is 1. The average Bonchev–Trinajstić information content (AvgIpc) is 3.60. The number of furan rings is 1. The van der Waals surface area contributed by atoms with Crippen LogP contribution in [-0.2, 0) is 22.6 Å². The van der Waals surface area contributed by atoms with Gasteiger partial charge in [0.1, 0.15) is 11.8 Å². The quantitative estimate of drug-likeness (QED) is 0.259. The molecule has 4 rings (SSSR count). The minimum atomic E-state index is -0.715. The van der Waals surface area contributed by atoms with E-state index in [9.17, 15) is 9.59 Å². The van der Waals surface area contributed by atoms with E-state index in [4.69, 9.17) is 9.15 Å². The van der Waals surface area contributed by atoms with E-state index in [1.165, 1.54) is 12.7 Å². The highest BCUT2D eigenvalue weighted by atomic mass is 32.2. The van der Waals surface area contributed by atoms with Gasteiger partial charge in [-0.15, -0.1) is 0 Å². The van der Waals surface area contributed by atoms with E-state index in [2.05, 4.69) is 32.3 Å². The van der Waals surface area contributed by atoms with Gasteiger partial charge in [0.15, 0.2) is 5.76 Å². The second-order valence-electron chi connectivity index (χ2n) is 8.42. The highest BCUT2D eigenvalue weighted by Gasteiger charge is 2.23. The summed E-state index contributed by atoms with van der Waals surface area (Å²) in [6.07, 6.45) is 6.13. The molecule has 2 N–H and O–H groups in total. The molecule has 8 nitrogen and oxygen atoms in total. The molecule has 1 unspecified atom stereocenters. The molecular weight excluding hydrogens is 488 g/mol. The minimum Gasteiger partial charge on any atom is -0.467 e. The largest absolute Gasteiger partial charge is 0.467 e. The van der Waals surface area contributed by atoms with Crippen molar-refractivity contribution in [1.82, 2.24) is 14.9 Å². The number of methoxy groups -OCH3 is 1. The van der Waals surface area contributed by atoms with Crippen molar-refractivity contribution in [1.29, 1.82) is 0 Å². The van der Waals surface area contributed by atoms with Crippen molar-refractivity contribution >= 4 is 29.3 Å². The van der Waals surface area contributed by atoms with E-state index in [1.807, 2.05) is 61.2 Å². The highest BCUT2D eigenvalue weighted by molar-refractivity contribution is 7.98. The van der Waals surface area contributed by atoms with Crippen LogP contribution in [0.3, 0.4) is 0 Å². The minimum absolute atomic E-state index is 0.141. The standard InChI is InChI=1S/C28H30N4O4S/c1-35-28(34)24(14-15-37-2)31-27(33)26-13-12-25(36-26)21-8-10-22(11-9-21)30-17-23-16-29-19-32(23)18-20-6-4-3-5-7-20/h3-13,16,19,24,30H,14-15,17-18H2,1-2H3,(H,31,33). The summed E-state index contributed by atoms with van der Waals surface area (Å²) in [4.78, 5) is 28.9. The topological polar surface area (TPSA) is 98.4 Å². The van der Waals surface area contributed by atoms with Crippen molar-refractivity contribution in [2.75, 3.05) is 24.4 Å². The Kier molecular flexibility index (Phi) is 9.04. The van der Waals surface area contributed by atoms with Crippen LogP contribution < -0.4 is 10.6 Å². The fraction of sp³-hybridized carbons (Fsp3) is 0.250. The zero-order chi connectivity index (χ0) is 26.0. The van der Waals surface area contributed by atoms with Gasteiger partial charge >= 0.3 is 5.97 Å². The van der Waals surface area contributed by atoms with Crippen molar-refractivity contribution in [3.8, 4) is 11.3 Å². The molecule has 0 fully saturated rings. The van der Waals surface area contributed by atoms with Crippen LogP contribution in [0.4, 0.5) is 5.69 Å². The number of rotatable bonds is 12. The van der Waals surface area contributed by atoms with Crippen LogP contribution in [0.1, 0.15) is 28.2 Å². The predicted octanol–water partition coefficient (Wildman–Crippen LogP) is 4.83. The molecule has 0 radical (unpaired) electrons. The Hall–Kier alpha value is -3.98. The smallest absolute Gasteiger partial charge is 0.328 e. The molecule has 192 valence electrons. The summed E-state index contributed by atoms with van der Waals surface area (Å²) in [6.45, 7) is 1.40. The molecule has 9 heteroatoms. The van der Waals surface area contributed by atoms with E-state index in [-0.39, 0.29) is 5.76 Å². The van der Waals surface area contributed by atoms with Gasteiger partial charge in [-0.05, 0) is 60.4 Å². The zero-order valence-electron chi connectivity index (χ0n) is 20.8. The third-order valence-electron chi connectivity index (χ3n) is 5.87. The molecule has 0 saturated heterocycles. The number of hydrogen-bond acceptors (Lipinski definition) is 7. The number of nitrogens with zero attached hydrogens (tertiary/aromatic N) is 2. The number of amides is 1. The summed E-state index contributed by atoms with van der Waals surface area (Å²) in [5.74, 6) is 0.506. The lowest BCUT2D eigenvalue weighted by Gasteiger charge is -2.15. The maximum absolute atomic E-state index is 12.6. The van der Waals surface area contributed by atoms with Gasteiger partial charge in [0.25, 0.3) is 5.91 Å². The van der Waals surface area contributed by atoms with E-state index >= 15 is 0 Å². The van der Waals surface area contributed by atoms with Gasteiger partial charge in [0.05, 0.1) is 25.7 Å². The average molecular weight is 519 g/mol. The molecule has 2 aromatic carbocycles. The number of thioether (sulfide) groups is 1. The number of carbonyl (C=O) groups excluding carboxylic acids is 2. The first kappa shape index (κ1) is 26.1. The van der Waals surface area contributed by atoms with Crippen LogP contribution in [0.25, 0.3) is 11.3 Å². The Morgan fingerprint density at radius 3 is 2.59 bits per heavy atom. The summed E-state index contributed by atoms with van der Waals surface area (Å²) in [7, 11) is 1.31. The molecule has 1 amide bonds. The lowest BCUT2D eigenvalue weighted by molar-refractivity contribution is -0.142. The Balaban J connectivity index is 1.35. The van der Waals surface area contributed by atoms with Crippen LogP contribution >= 0.6 is 11.8 Å². The molecule has 0 aliphatic heterocycles. The third-order valence-corrected chi connectivity index (χ3v) is 6.51. The fourth-order valence-electron chi connectivity index (χ4n) is 3.83. The highest BCUT2D eigenvalue weighted by Crippen LogP contribution is 2.24. The molecule has 0 aliphatic carbocycles. The van der Waals surface area contributed by atoms with Crippen LogP contribution in [0.5, 0.6) is 0 Å². The number of anilines is 1. The number of benzene rings is 2. The van der Waals surface area contributed by atoms with Crippen molar-refractivity contribution in [3.05, 3.63) is 96.3 Å². The number of hydrogen-bond donors (Lipinski definition) is 2. The molecule has 1 atom stereocenters. The molecule has 0 aliphatic rings. The summed E-state index contributed by atoms with van der Waals surface area (Å²) in [5, 5.41) is 6.13. The van der Waals surface area contributed by atoms with E-state index in [0.717, 1.165) is 29.2 Å². The van der Waals surface area contributed by atoms with Crippen molar-refractivity contribution in [2.24, 2.45) is 0 Å². The van der Waals surface area contributed by atoms with E-state index in [1.54, 1.807) is 23.9 Å². The van der Waals surface area contributed by atoms with Gasteiger partial charge in [-0.25, -0.2) is 9.78 Å². The lowest BCUT2D eigenvalue weighted by Crippen LogP contribution is -2.41. The van der Waals surface area contributed by atoms with Crippen LogP contribution in [0, 0.1) is 0 Å². The third kappa shape index (κ3) is 7.04. The first-order valence-electron chi connectivity index (χ1n) is 11.9. The van der Waals surface area contributed by atoms with Gasteiger partial charge in [0.2, 0.25) is 0 Å². The summed E-state index contributed by atoms with van der Waals surface area (Å²) >= 11 is 1.59. The number of ether oxygens (including phenoxy) is 1. The van der Waals surface area contributed by atoms with Gasteiger partial charge in [-0.1, -0.05) is 30.3 Å². The Labute approximate surface area is 220 Å². The molecule has 2 heterocycles. The molecule has 0 spiro atoms. The van der Waals surface area contributed by atoms with Crippen molar-refractivity contribution in [2.45, 2.75) is 25.6 Å². The van der Waals surface area contributed by atoms with Gasteiger partial charge in [0, 0.05) is 24.0 Å². The number of carbonyl (C=O) groups is 2. The summed E-state index contributed by atoms with van der Waals surface area (Å²) in [5.41, 5.74) is 4.09. The Bertz CT molecular complexity index is 1300. The maximum atomic E-state index is 12.6. The monoisotopic (exact) mass is 518 g/mol. The Morgan fingerprint density at radius 2 is 1.86 bits per heavy atom. The molecule has 0 bridgehead atoms. The van der Waals surface area contributed by atoms with E-state index < -0.39 is 17.9 Å². The van der Waals surface area contributed by atoms with Gasteiger partial charge in [-0.2, -0.15) is 11.8 Å². The SMILES string of the molecule is COC(=O)C(CCSC)NC(=O)c1ccc(-c2ccc(NCc3cncn3Cc3ccccc3)cc2)o1. The van der Waals surface area contributed by atoms with Gasteiger partial charge in [-0.3, -0.25) is 4.79 Å². The summed E-state index contributed by atoms with van der Waals surface area (Å²) < 4.78 is 12.7. The number of nitrogens with one attached hydrogen (secondary N) is 2. The molecule has 0 saturated carbocycles. The van der Waals surface area contributed by atoms with Gasteiger partial charge < -0.3 is 24.4 Å². The summed E-state index contributed by atoms with van der Waals surface area (Å²) in [6, 6.07) is 20.7. The van der Waals surface area contributed by atoms with E-state index in [0.29, 0.717) is 18.7 Å². The lowest BCUT2D eigenvalue weighted by atomic mass is 10.1. The molecular formula is C28H30N4O4S. The second-order valence-corrected chi connectivity index (χ2v) is 9.41. The maximum Gasteiger partial charge on any atom is 0.328 e. The molecule has 4 aromatic rings. The number of esters is 1. The first-order chi connectivity index (χ1) is 18.1. The van der Waals surface area contributed by atoms with Crippen LogP contribution in [0.2, 0.25) is 0 Å². The van der Waals surface area contributed by atoms with Crippen LogP contribution in [-0.4, -0.2) is 46.6 Å². The number of aromatic nitrogens is 2. The molecule has 2 aromatic heterocycles. The van der Waals surface area contributed by atoms with Crippen molar-refractivity contribution < 1.29 is 18.7 Å². The van der Waals surface area contributed by atoms with Crippen molar-refractivity contribution in [3.63, 3.8) is 0 Å². The van der Waals surface area contributed by atoms with Crippen LogP contribution in [0.15, 0.2) is 83.7 Å². The predicted molar refractivity (Wildman–Crippen MR) is 146 cm³/mol. The first-order valence-corrected chi connectivity index (χ1v) is 13.3. The Morgan fingerprint density at radius 1 is 1.08 bits per heavy atom. The fourth-order valence-corrected chi connectivity index (χ4v) is 4.31. The molecule has 37 heavy (non-hydrogen) atoms. The normalized spacial score (nSPS) is 11.6. The second kappa shape index (κ2) is 12.8. The zero-order valence-corrected chi connectivity index (χ0v) is 21.7.